The van der Waals surface area contributed by atoms with Gasteiger partial charge in [0.2, 0.25) is 5.67 Å². The summed E-state index contributed by atoms with van der Waals surface area (Å²) in [6.45, 7) is 0. The lowest BCUT2D eigenvalue weighted by Gasteiger charge is -2.26. The van der Waals surface area contributed by atoms with Crippen molar-refractivity contribution in [1.29, 1.82) is 0 Å². The number of rotatable bonds is 4. The van der Waals surface area contributed by atoms with E-state index in [-0.39, 0.29) is 11.3 Å². The zero-order valence-electron chi connectivity index (χ0n) is 18.9. The summed E-state index contributed by atoms with van der Waals surface area (Å²) in [7, 11) is 3.40. The van der Waals surface area contributed by atoms with Gasteiger partial charge < -0.3 is 9.13 Å². The number of hydrogen-bond donors (Lipinski definition) is 0. The standard InChI is InChI=1S/C27H19FIN5O/c1-4-19-6-5-7-22(32-19)20-13-26(35)34(3)23-14-31-24(12-21(20)23)27(28,25-15-30-16-33(25)2)17-8-10-18(29)11-9-17/h1,5-16H,2-3H3/t27-/m1/s1. The van der Waals surface area contributed by atoms with Crippen molar-refractivity contribution < 1.29 is 4.39 Å². The first-order chi connectivity index (χ1) is 16.8. The van der Waals surface area contributed by atoms with E-state index in [2.05, 4.69) is 43.5 Å². The molecule has 0 aliphatic rings. The van der Waals surface area contributed by atoms with Crippen molar-refractivity contribution in [3.05, 3.63) is 110 Å². The Morgan fingerprint density at radius 2 is 1.86 bits per heavy atom. The van der Waals surface area contributed by atoms with E-state index in [1.807, 2.05) is 12.1 Å². The maximum Gasteiger partial charge on any atom is 0.251 e. The van der Waals surface area contributed by atoms with E-state index in [9.17, 15) is 4.79 Å². The van der Waals surface area contributed by atoms with Gasteiger partial charge in [0.05, 0.1) is 41.3 Å². The highest BCUT2D eigenvalue weighted by atomic mass is 127. The van der Waals surface area contributed by atoms with Crippen molar-refractivity contribution >= 4 is 33.5 Å². The number of nitrogens with zero attached hydrogens (tertiary/aromatic N) is 5. The van der Waals surface area contributed by atoms with Crippen molar-refractivity contribution in [2.75, 3.05) is 0 Å². The quantitative estimate of drug-likeness (QED) is 0.233. The molecule has 35 heavy (non-hydrogen) atoms. The molecule has 4 heterocycles. The van der Waals surface area contributed by atoms with Crippen LogP contribution in [0.15, 0.2) is 78.1 Å². The zero-order chi connectivity index (χ0) is 24.7. The molecule has 0 N–H and O–H groups in total. The van der Waals surface area contributed by atoms with Crippen molar-refractivity contribution in [2.45, 2.75) is 5.67 Å². The SMILES string of the molecule is C#Cc1cccc(-c2cc(=O)n(C)c3cnc([C@](F)(c4ccc(I)cc4)c4cncn4C)cc23)n1. The Kier molecular flexibility index (Phi) is 5.73. The van der Waals surface area contributed by atoms with Crippen LogP contribution in [0.2, 0.25) is 0 Å². The maximum absolute atomic E-state index is 17.3. The number of aryl methyl sites for hydroxylation is 2. The minimum atomic E-state index is -2.09. The van der Waals surface area contributed by atoms with Crippen molar-refractivity contribution in [3.63, 3.8) is 0 Å². The molecule has 0 bridgehead atoms. The Hall–Kier alpha value is -3.84. The van der Waals surface area contributed by atoms with E-state index < -0.39 is 5.67 Å². The van der Waals surface area contributed by atoms with Gasteiger partial charge in [0.15, 0.2) is 0 Å². The van der Waals surface area contributed by atoms with Gasteiger partial charge in [0.1, 0.15) is 5.69 Å². The molecular weight excluding hydrogens is 556 g/mol. The fourth-order valence-corrected chi connectivity index (χ4v) is 4.57. The van der Waals surface area contributed by atoms with E-state index in [4.69, 9.17) is 6.42 Å². The van der Waals surface area contributed by atoms with E-state index >= 15 is 4.39 Å². The predicted octanol–water partition coefficient (Wildman–Crippen LogP) is 4.58. The molecule has 0 unspecified atom stereocenters. The van der Waals surface area contributed by atoms with E-state index in [1.165, 1.54) is 23.0 Å². The number of aromatic nitrogens is 5. The van der Waals surface area contributed by atoms with Gasteiger partial charge in [-0.3, -0.25) is 9.78 Å². The first-order valence-electron chi connectivity index (χ1n) is 10.7. The lowest BCUT2D eigenvalue weighted by Crippen LogP contribution is -2.28. The van der Waals surface area contributed by atoms with Crippen LogP contribution in [0, 0.1) is 15.9 Å². The Labute approximate surface area is 214 Å². The van der Waals surface area contributed by atoms with Crippen LogP contribution in [0.4, 0.5) is 4.39 Å². The smallest absolute Gasteiger partial charge is 0.251 e. The number of fused-ring (bicyclic) bond motifs is 1. The second kappa shape index (κ2) is 8.74. The van der Waals surface area contributed by atoms with Gasteiger partial charge in [-0.2, -0.15) is 0 Å². The van der Waals surface area contributed by atoms with Gasteiger partial charge in [0, 0.05) is 40.2 Å². The molecule has 0 radical (unpaired) electrons. The molecule has 6 nitrogen and oxygen atoms in total. The summed E-state index contributed by atoms with van der Waals surface area (Å²) in [4.78, 5) is 25.9. The maximum atomic E-state index is 17.3. The topological polar surface area (TPSA) is 65.6 Å². The van der Waals surface area contributed by atoms with Gasteiger partial charge in [0.25, 0.3) is 5.56 Å². The minimum absolute atomic E-state index is 0.169. The first kappa shape index (κ1) is 22.9. The normalized spacial score (nSPS) is 12.9. The molecule has 0 saturated carbocycles. The van der Waals surface area contributed by atoms with Crippen molar-refractivity contribution in [2.24, 2.45) is 14.1 Å². The van der Waals surface area contributed by atoms with Crippen LogP contribution < -0.4 is 5.56 Å². The first-order valence-corrected chi connectivity index (χ1v) is 11.8. The molecule has 0 aliphatic heterocycles. The average molecular weight is 575 g/mol. The van der Waals surface area contributed by atoms with Crippen LogP contribution in [0.5, 0.6) is 0 Å². The summed E-state index contributed by atoms with van der Waals surface area (Å²) in [5, 5.41) is 0.633. The number of terminal acetylenes is 1. The van der Waals surface area contributed by atoms with Gasteiger partial charge >= 0.3 is 0 Å². The van der Waals surface area contributed by atoms with E-state index in [1.54, 1.807) is 61.4 Å². The Morgan fingerprint density at radius 1 is 1.09 bits per heavy atom. The number of alkyl halides is 1. The Balaban J connectivity index is 1.84. The number of halogens is 2. The molecule has 1 aromatic carbocycles. The molecule has 5 rings (SSSR count). The lowest BCUT2D eigenvalue weighted by molar-refractivity contribution is 0.260. The largest absolute Gasteiger partial charge is 0.334 e. The Bertz CT molecular complexity index is 1680. The molecular formula is C27H19FIN5O. The number of imidazole rings is 1. The second-order valence-electron chi connectivity index (χ2n) is 8.15. The van der Waals surface area contributed by atoms with Crippen LogP contribution in [-0.4, -0.2) is 24.1 Å². The predicted molar refractivity (Wildman–Crippen MR) is 142 cm³/mol. The van der Waals surface area contributed by atoms with Gasteiger partial charge in [-0.15, -0.1) is 6.42 Å². The van der Waals surface area contributed by atoms with Gasteiger partial charge in [-0.25, -0.2) is 14.4 Å². The molecule has 4 aromatic heterocycles. The minimum Gasteiger partial charge on any atom is -0.334 e. The summed E-state index contributed by atoms with van der Waals surface area (Å²) in [5.74, 6) is 2.52. The van der Waals surface area contributed by atoms with E-state index in [0.29, 0.717) is 39.1 Å². The number of hydrogen-bond acceptors (Lipinski definition) is 4. The van der Waals surface area contributed by atoms with Crippen molar-refractivity contribution in [3.8, 4) is 23.6 Å². The van der Waals surface area contributed by atoms with Crippen LogP contribution in [0.1, 0.15) is 22.6 Å². The van der Waals surface area contributed by atoms with Crippen molar-refractivity contribution in [1.82, 2.24) is 24.1 Å². The molecule has 5 aromatic rings. The number of benzene rings is 1. The third-order valence-electron chi connectivity index (χ3n) is 6.07. The summed E-state index contributed by atoms with van der Waals surface area (Å²) >= 11 is 2.19. The average Bonchev–Trinajstić information content (AvgIpc) is 3.32. The third-order valence-corrected chi connectivity index (χ3v) is 6.79. The molecule has 0 aliphatic carbocycles. The van der Waals surface area contributed by atoms with Crippen LogP contribution in [0.25, 0.3) is 22.2 Å². The molecule has 1 atom stereocenters. The van der Waals surface area contributed by atoms with Crippen LogP contribution >= 0.6 is 22.6 Å². The van der Waals surface area contributed by atoms with Gasteiger partial charge in [-0.1, -0.05) is 24.1 Å². The second-order valence-corrected chi connectivity index (χ2v) is 9.40. The molecule has 0 saturated heterocycles. The fraction of sp³-hybridized carbons (Fsp3) is 0.111. The lowest BCUT2D eigenvalue weighted by atomic mass is 9.87. The number of pyridine rings is 3. The molecule has 0 amide bonds. The van der Waals surface area contributed by atoms with Crippen LogP contribution in [0.3, 0.4) is 0 Å². The highest BCUT2D eigenvalue weighted by Gasteiger charge is 2.41. The highest BCUT2D eigenvalue weighted by Crippen LogP contribution is 2.41. The molecule has 172 valence electrons. The molecule has 0 spiro atoms. The summed E-state index contributed by atoms with van der Waals surface area (Å²) in [5.41, 5.74) is 0.686. The van der Waals surface area contributed by atoms with E-state index in [0.717, 1.165) is 3.57 Å². The summed E-state index contributed by atoms with van der Waals surface area (Å²) < 4.78 is 21.5. The summed E-state index contributed by atoms with van der Waals surface area (Å²) in [6.07, 6.45) is 10.1. The summed E-state index contributed by atoms with van der Waals surface area (Å²) in [6, 6.07) is 15.6. The zero-order valence-corrected chi connectivity index (χ0v) is 21.1. The fourth-order valence-electron chi connectivity index (χ4n) is 4.21. The molecule has 8 heteroatoms. The monoisotopic (exact) mass is 575 g/mol. The molecule has 0 fully saturated rings. The van der Waals surface area contributed by atoms with Crippen LogP contribution in [-0.2, 0) is 19.8 Å². The van der Waals surface area contributed by atoms with Gasteiger partial charge in [-0.05, 0) is 52.9 Å². The Morgan fingerprint density at radius 3 is 2.54 bits per heavy atom. The highest BCUT2D eigenvalue weighted by molar-refractivity contribution is 14.1. The third kappa shape index (κ3) is 3.82.